The SMILES string of the molecule is COc1ccc(C(N)Cc2cccc(C)c2)cc1C. The van der Waals surface area contributed by atoms with Crippen LogP contribution in [0.25, 0.3) is 0 Å². The van der Waals surface area contributed by atoms with Gasteiger partial charge in [0.25, 0.3) is 0 Å². The molecule has 0 aromatic heterocycles. The van der Waals surface area contributed by atoms with E-state index in [1.807, 2.05) is 19.1 Å². The van der Waals surface area contributed by atoms with Crippen molar-refractivity contribution in [3.63, 3.8) is 0 Å². The van der Waals surface area contributed by atoms with Crippen LogP contribution in [0.4, 0.5) is 0 Å². The number of ether oxygens (including phenoxy) is 1. The first-order valence-electron chi connectivity index (χ1n) is 6.56. The maximum atomic E-state index is 6.30. The van der Waals surface area contributed by atoms with Gasteiger partial charge in [0.2, 0.25) is 0 Å². The number of aryl methyl sites for hydroxylation is 2. The molecule has 1 unspecified atom stereocenters. The molecule has 0 aliphatic heterocycles. The highest BCUT2D eigenvalue weighted by Crippen LogP contribution is 2.23. The molecule has 0 aliphatic carbocycles. The maximum Gasteiger partial charge on any atom is 0.121 e. The van der Waals surface area contributed by atoms with Gasteiger partial charge in [0.05, 0.1) is 7.11 Å². The molecular formula is C17H21NO. The highest BCUT2D eigenvalue weighted by molar-refractivity contribution is 5.38. The Kier molecular flexibility index (Phi) is 4.23. The number of methoxy groups -OCH3 is 1. The highest BCUT2D eigenvalue weighted by Gasteiger charge is 2.09. The first kappa shape index (κ1) is 13.6. The molecule has 2 nitrogen and oxygen atoms in total. The van der Waals surface area contributed by atoms with E-state index < -0.39 is 0 Å². The smallest absolute Gasteiger partial charge is 0.121 e. The summed E-state index contributed by atoms with van der Waals surface area (Å²) in [5, 5.41) is 0. The Morgan fingerprint density at radius 3 is 2.53 bits per heavy atom. The lowest BCUT2D eigenvalue weighted by Crippen LogP contribution is -2.13. The van der Waals surface area contributed by atoms with Crippen molar-refractivity contribution in [2.45, 2.75) is 26.3 Å². The first-order chi connectivity index (χ1) is 9.10. The second-order valence-electron chi connectivity index (χ2n) is 5.03. The van der Waals surface area contributed by atoms with Gasteiger partial charge in [-0.25, -0.2) is 0 Å². The summed E-state index contributed by atoms with van der Waals surface area (Å²) < 4.78 is 5.27. The standard InChI is InChI=1S/C17H21NO/c1-12-5-4-6-14(9-12)11-16(18)15-7-8-17(19-3)13(2)10-15/h4-10,16H,11,18H2,1-3H3. The van der Waals surface area contributed by atoms with Crippen molar-refractivity contribution in [2.75, 3.05) is 7.11 Å². The summed E-state index contributed by atoms with van der Waals surface area (Å²) in [7, 11) is 1.69. The maximum absolute atomic E-state index is 6.30. The Balaban J connectivity index is 2.15. The van der Waals surface area contributed by atoms with Crippen molar-refractivity contribution in [2.24, 2.45) is 5.73 Å². The van der Waals surface area contributed by atoms with E-state index in [4.69, 9.17) is 10.5 Å². The number of nitrogens with two attached hydrogens (primary N) is 1. The Morgan fingerprint density at radius 1 is 1.11 bits per heavy atom. The predicted molar refractivity (Wildman–Crippen MR) is 79.5 cm³/mol. The number of rotatable bonds is 4. The van der Waals surface area contributed by atoms with Crippen LogP contribution in [0.3, 0.4) is 0 Å². The van der Waals surface area contributed by atoms with E-state index >= 15 is 0 Å². The third kappa shape index (κ3) is 3.36. The van der Waals surface area contributed by atoms with Crippen molar-refractivity contribution in [3.05, 3.63) is 64.7 Å². The number of benzene rings is 2. The van der Waals surface area contributed by atoms with Crippen molar-refractivity contribution >= 4 is 0 Å². The molecule has 2 rings (SSSR count). The minimum Gasteiger partial charge on any atom is -0.496 e. The van der Waals surface area contributed by atoms with Gasteiger partial charge >= 0.3 is 0 Å². The van der Waals surface area contributed by atoms with Crippen LogP contribution in [-0.2, 0) is 6.42 Å². The zero-order chi connectivity index (χ0) is 13.8. The van der Waals surface area contributed by atoms with E-state index in [0.717, 1.165) is 23.3 Å². The summed E-state index contributed by atoms with van der Waals surface area (Å²) in [6.07, 6.45) is 0.855. The Morgan fingerprint density at radius 2 is 1.89 bits per heavy atom. The van der Waals surface area contributed by atoms with Gasteiger partial charge in [0.1, 0.15) is 5.75 Å². The number of hydrogen-bond acceptors (Lipinski definition) is 2. The van der Waals surface area contributed by atoms with Crippen molar-refractivity contribution in [1.82, 2.24) is 0 Å². The van der Waals surface area contributed by atoms with E-state index in [1.165, 1.54) is 11.1 Å². The lowest BCUT2D eigenvalue weighted by Gasteiger charge is -2.14. The molecule has 19 heavy (non-hydrogen) atoms. The molecule has 0 amide bonds. The molecular weight excluding hydrogens is 234 g/mol. The third-order valence-corrected chi connectivity index (χ3v) is 3.39. The van der Waals surface area contributed by atoms with E-state index in [-0.39, 0.29) is 6.04 Å². The molecule has 0 saturated heterocycles. The zero-order valence-electron chi connectivity index (χ0n) is 11.8. The van der Waals surface area contributed by atoms with E-state index in [2.05, 4.69) is 37.3 Å². The molecule has 2 heteroatoms. The average molecular weight is 255 g/mol. The molecule has 2 aromatic rings. The topological polar surface area (TPSA) is 35.2 Å². The van der Waals surface area contributed by atoms with Crippen molar-refractivity contribution in [3.8, 4) is 5.75 Å². The lowest BCUT2D eigenvalue weighted by molar-refractivity contribution is 0.411. The minimum absolute atomic E-state index is 0.0198. The fourth-order valence-electron chi connectivity index (χ4n) is 2.34. The lowest BCUT2D eigenvalue weighted by atomic mass is 9.97. The summed E-state index contributed by atoms with van der Waals surface area (Å²) in [5.41, 5.74) is 11.1. The van der Waals surface area contributed by atoms with Gasteiger partial charge in [-0.05, 0) is 43.0 Å². The van der Waals surface area contributed by atoms with Crippen LogP contribution in [-0.4, -0.2) is 7.11 Å². The average Bonchev–Trinajstić information content (AvgIpc) is 2.38. The Bertz CT molecular complexity index is 563. The second kappa shape index (κ2) is 5.89. The molecule has 0 spiro atoms. The summed E-state index contributed by atoms with van der Waals surface area (Å²) in [4.78, 5) is 0. The summed E-state index contributed by atoms with van der Waals surface area (Å²) in [5.74, 6) is 0.909. The summed E-state index contributed by atoms with van der Waals surface area (Å²) >= 11 is 0. The summed E-state index contributed by atoms with van der Waals surface area (Å²) in [6, 6.07) is 14.7. The molecule has 0 radical (unpaired) electrons. The van der Waals surface area contributed by atoms with Crippen molar-refractivity contribution in [1.29, 1.82) is 0 Å². The van der Waals surface area contributed by atoms with Gasteiger partial charge in [-0.3, -0.25) is 0 Å². The molecule has 0 bridgehead atoms. The molecule has 0 saturated carbocycles. The van der Waals surface area contributed by atoms with Crippen molar-refractivity contribution < 1.29 is 4.74 Å². The third-order valence-electron chi connectivity index (χ3n) is 3.39. The Labute approximate surface area is 115 Å². The van der Waals surface area contributed by atoms with Crippen LogP contribution in [0.1, 0.15) is 28.3 Å². The molecule has 1 atom stereocenters. The molecule has 0 aliphatic rings. The normalized spacial score (nSPS) is 12.2. The van der Waals surface area contributed by atoms with E-state index in [9.17, 15) is 0 Å². The molecule has 0 fully saturated rings. The van der Waals surface area contributed by atoms with Gasteiger partial charge in [0.15, 0.2) is 0 Å². The molecule has 2 aromatic carbocycles. The van der Waals surface area contributed by atoms with Crippen LogP contribution >= 0.6 is 0 Å². The van der Waals surface area contributed by atoms with Crippen LogP contribution in [0.2, 0.25) is 0 Å². The number of hydrogen-bond donors (Lipinski definition) is 1. The summed E-state index contributed by atoms with van der Waals surface area (Å²) in [6.45, 7) is 4.15. The quantitative estimate of drug-likeness (QED) is 0.906. The fourth-order valence-corrected chi connectivity index (χ4v) is 2.34. The molecule has 100 valence electrons. The minimum atomic E-state index is 0.0198. The monoisotopic (exact) mass is 255 g/mol. The Hall–Kier alpha value is -1.80. The van der Waals surface area contributed by atoms with Crippen LogP contribution < -0.4 is 10.5 Å². The van der Waals surface area contributed by atoms with Crippen LogP contribution in [0.15, 0.2) is 42.5 Å². The van der Waals surface area contributed by atoms with Gasteiger partial charge in [0, 0.05) is 6.04 Å². The van der Waals surface area contributed by atoms with Gasteiger partial charge in [-0.15, -0.1) is 0 Å². The second-order valence-corrected chi connectivity index (χ2v) is 5.03. The van der Waals surface area contributed by atoms with Gasteiger partial charge in [-0.1, -0.05) is 42.0 Å². The van der Waals surface area contributed by atoms with Crippen LogP contribution in [0, 0.1) is 13.8 Å². The van der Waals surface area contributed by atoms with Crippen LogP contribution in [0.5, 0.6) is 5.75 Å². The molecule has 2 N–H and O–H groups in total. The predicted octanol–water partition coefficient (Wildman–Crippen LogP) is 3.55. The fraction of sp³-hybridized carbons (Fsp3) is 0.294. The van der Waals surface area contributed by atoms with Gasteiger partial charge < -0.3 is 10.5 Å². The first-order valence-corrected chi connectivity index (χ1v) is 6.56. The highest BCUT2D eigenvalue weighted by atomic mass is 16.5. The zero-order valence-corrected chi connectivity index (χ0v) is 11.8. The van der Waals surface area contributed by atoms with E-state index in [1.54, 1.807) is 7.11 Å². The largest absolute Gasteiger partial charge is 0.496 e. The molecule has 0 heterocycles. The van der Waals surface area contributed by atoms with Gasteiger partial charge in [-0.2, -0.15) is 0 Å². The van der Waals surface area contributed by atoms with E-state index in [0.29, 0.717) is 0 Å².